The lowest BCUT2D eigenvalue weighted by molar-refractivity contribution is -0.384. The molecule has 10 heteroatoms. The van der Waals surface area contributed by atoms with Crippen LogP contribution in [0.4, 0.5) is 0 Å². The van der Waals surface area contributed by atoms with E-state index in [-0.39, 0.29) is 18.1 Å². The molecule has 280 valence electrons. The molecular formula is C43H48O9S. The third-order valence-electron chi connectivity index (χ3n) is 10.1. The number of benzene rings is 4. The molecule has 4 fully saturated rings. The molecule has 0 saturated carbocycles. The summed E-state index contributed by atoms with van der Waals surface area (Å²) in [7, 11) is 0. The van der Waals surface area contributed by atoms with Crippen LogP contribution in [0.2, 0.25) is 0 Å². The van der Waals surface area contributed by atoms with Gasteiger partial charge in [0.25, 0.3) is 0 Å². The number of rotatable bonds is 11. The standard InChI is InChI=1S/C43H48O9S/c1-27-20-22-32(23-21-27)53-42-39-37(51-43(3,4)52-39)34(28(2)47-42)49-41-38(45-25-30-16-10-6-11-17-30)36(44-24-29-14-8-5-9-15-29)35-33(48-41)26-46-40(50-35)31-18-12-7-13-19-31/h5-23,28,33-42H,24-26H2,1-4H3/t28-,33+,34-,35+,36-,37+,38-,39+,40?,41-,42-/m0/s1. The van der Waals surface area contributed by atoms with Crippen molar-refractivity contribution in [2.75, 3.05) is 6.61 Å². The fourth-order valence-corrected chi connectivity index (χ4v) is 8.58. The number of aryl methyl sites for hydroxylation is 1. The van der Waals surface area contributed by atoms with E-state index in [2.05, 4.69) is 31.2 Å². The van der Waals surface area contributed by atoms with Crippen LogP contribution in [0, 0.1) is 6.92 Å². The van der Waals surface area contributed by atoms with Gasteiger partial charge in [-0.1, -0.05) is 120 Å². The average Bonchev–Trinajstić information content (AvgIpc) is 3.51. The van der Waals surface area contributed by atoms with Crippen molar-refractivity contribution in [3.63, 3.8) is 0 Å². The van der Waals surface area contributed by atoms with Gasteiger partial charge in [0.2, 0.25) is 0 Å². The minimum Gasteiger partial charge on any atom is -0.368 e. The Kier molecular flexibility index (Phi) is 11.3. The van der Waals surface area contributed by atoms with Crippen molar-refractivity contribution in [1.29, 1.82) is 0 Å². The minimum absolute atomic E-state index is 0.283. The van der Waals surface area contributed by atoms with Gasteiger partial charge >= 0.3 is 0 Å². The van der Waals surface area contributed by atoms with Crippen molar-refractivity contribution in [3.8, 4) is 0 Å². The van der Waals surface area contributed by atoms with E-state index >= 15 is 0 Å². The summed E-state index contributed by atoms with van der Waals surface area (Å²) < 4.78 is 60.3. The van der Waals surface area contributed by atoms with E-state index in [0.29, 0.717) is 13.2 Å². The van der Waals surface area contributed by atoms with Gasteiger partial charge in [0.15, 0.2) is 18.4 Å². The summed E-state index contributed by atoms with van der Waals surface area (Å²) in [6.45, 7) is 8.92. The molecule has 4 aromatic carbocycles. The highest BCUT2D eigenvalue weighted by molar-refractivity contribution is 7.99. The van der Waals surface area contributed by atoms with Gasteiger partial charge in [-0.05, 0) is 51.0 Å². The van der Waals surface area contributed by atoms with Crippen LogP contribution < -0.4 is 0 Å². The first-order valence-corrected chi connectivity index (χ1v) is 19.4. The number of fused-ring (bicyclic) bond motifs is 2. The summed E-state index contributed by atoms with van der Waals surface area (Å²) >= 11 is 1.63. The molecule has 9 nitrogen and oxygen atoms in total. The van der Waals surface area contributed by atoms with Crippen LogP contribution in [0.5, 0.6) is 0 Å². The maximum Gasteiger partial charge on any atom is 0.187 e. The molecule has 1 unspecified atom stereocenters. The second-order valence-electron chi connectivity index (χ2n) is 14.5. The first-order chi connectivity index (χ1) is 25.8. The Hall–Kier alpha value is -3.13. The summed E-state index contributed by atoms with van der Waals surface area (Å²) in [6, 6.07) is 38.5. The summed E-state index contributed by atoms with van der Waals surface area (Å²) in [6.07, 6.45) is -5.44. The first-order valence-electron chi connectivity index (χ1n) is 18.5. The fourth-order valence-electron chi connectivity index (χ4n) is 7.44. The summed E-state index contributed by atoms with van der Waals surface area (Å²) in [4.78, 5) is 1.10. The number of hydrogen-bond donors (Lipinski definition) is 0. The number of hydrogen-bond acceptors (Lipinski definition) is 10. The van der Waals surface area contributed by atoms with Crippen molar-refractivity contribution < 1.29 is 42.6 Å². The zero-order valence-corrected chi connectivity index (χ0v) is 31.3. The van der Waals surface area contributed by atoms with E-state index < -0.39 is 61.1 Å². The number of thioether (sulfide) groups is 1. The molecule has 0 radical (unpaired) electrons. The highest BCUT2D eigenvalue weighted by Crippen LogP contribution is 2.45. The van der Waals surface area contributed by atoms with Crippen LogP contribution in [0.3, 0.4) is 0 Å². The maximum absolute atomic E-state index is 7.03. The van der Waals surface area contributed by atoms with Crippen molar-refractivity contribution in [2.45, 2.75) is 118 Å². The normalized spacial score (nSPS) is 33.5. The summed E-state index contributed by atoms with van der Waals surface area (Å²) in [5.74, 6) is -0.836. The van der Waals surface area contributed by atoms with Gasteiger partial charge in [-0.3, -0.25) is 0 Å². The molecule has 0 aliphatic carbocycles. The molecule has 0 spiro atoms. The molecule has 0 N–H and O–H groups in total. The lowest BCUT2D eigenvalue weighted by Crippen LogP contribution is -2.65. The third-order valence-corrected chi connectivity index (χ3v) is 11.2. The Balaban J connectivity index is 1.09. The lowest BCUT2D eigenvalue weighted by Gasteiger charge is -2.50. The van der Waals surface area contributed by atoms with Gasteiger partial charge < -0.3 is 42.6 Å². The zero-order valence-electron chi connectivity index (χ0n) is 30.5. The molecule has 4 aliphatic heterocycles. The Morgan fingerprint density at radius 1 is 0.660 bits per heavy atom. The second kappa shape index (κ2) is 16.3. The monoisotopic (exact) mass is 740 g/mol. The quantitative estimate of drug-likeness (QED) is 0.152. The van der Waals surface area contributed by atoms with Crippen LogP contribution in [0.25, 0.3) is 0 Å². The van der Waals surface area contributed by atoms with Gasteiger partial charge in [-0.2, -0.15) is 0 Å². The molecule has 4 aliphatic rings. The largest absolute Gasteiger partial charge is 0.368 e. The fraction of sp³-hybridized carbons (Fsp3) is 0.442. The Labute approximate surface area is 316 Å². The van der Waals surface area contributed by atoms with E-state index in [0.717, 1.165) is 21.6 Å². The number of ether oxygens (including phenoxy) is 9. The molecular weight excluding hydrogens is 693 g/mol. The molecule has 0 bridgehead atoms. The van der Waals surface area contributed by atoms with Gasteiger partial charge in [0, 0.05) is 10.5 Å². The molecule has 0 aromatic heterocycles. The predicted molar refractivity (Wildman–Crippen MR) is 199 cm³/mol. The Morgan fingerprint density at radius 3 is 1.92 bits per heavy atom. The van der Waals surface area contributed by atoms with E-state index in [1.165, 1.54) is 5.56 Å². The highest BCUT2D eigenvalue weighted by Gasteiger charge is 2.58. The lowest BCUT2D eigenvalue weighted by atomic mass is 9.96. The van der Waals surface area contributed by atoms with Crippen LogP contribution >= 0.6 is 11.8 Å². The summed E-state index contributed by atoms with van der Waals surface area (Å²) in [5.41, 5.74) is 3.87. The average molecular weight is 741 g/mol. The Bertz CT molecular complexity index is 1740. The molecule has 4 saturated heterocycles. The van der Waals surface area contributed by atoms with Crippen molar-refractivity contribution in [3.05, 3.63) is 138 Å². The second-order valence-corrected chi connectivity index (χ2v) is 15.7. The smallest absolute Gasteiger partial charge is 0.187 e. The molecule has 0 amide bonds. The maximum atomic E-state index is 7.03. The van der Waals surface area contributed by atoms with Gasteiger partial charge in [-0.25, -0.2) is 0 Å². The topological polar surface area (TPSA) is 83.1 Å². The van der Waals surface area contributed by atoms with Crippen LogP contribution in [0.1, 0.15) is 49.3 Å². The van der Waals surface area contributed by atoms with Crippen molar-refractivity contribution in [2.24, 2.45) is 0 Å². The summed E-state index contributed by atoms with van der Waals surface area (Å²) in [5, 5.41) is 0. The van der Waals surface area contributed by atoms with E-state index in [1.807, 2.05) is 112 Å². The van der Waals surface area contributed by atoms with E-state index in [9.17, 15) is 0 Å². The third kappa shape index (κ3) is 8.58. The molecule has 8 rings (SSSR count). The van der Waals surface area contributed by atoms with E-state index in [4.69, 9.17) is 42.6 Å². The highest BCUT2D eigenvalue weighted by atomic mass is 32.2. The molecule has 11 atom stereocenters. The first kappa shape index (κ1) is 36.8. The molecule has 4 aromatic rings. The Morgan fingerprint density at radius 2 is 1.26 bits per heavy atom. The van der Waals surface area contributed by atoms with E-state index in [1.54, 1.807) is 11.8 Å². The van der Waals surface area contributed by atoms with Crippen molar-refractivity contribution >= 4 is 11.8 Å². The van der Waals surface area contributed by atoms with Gasteiger partial charge in [0.1, 0.15) is 48.2 Å². The van der Waals surface area contributed by atoms with Crippen LogP contribution in [0.15, 0.2) is 120 Å². The SMILES string of the molecule is Cc1ccc(S[C@@H]2O[C@@H](C)[C@H](O[C@@H]3O[C@@H]4COC(c5ccccc5)O[C@H]4[C@H](OCc4ccccc4)[C@@H]3OCc3ccccc3)[C@H]3OC(C)(C)O[C@H]32)cc1. The van der Waals surface area contributed by atoms with Gasteiger partial charge in [0.05, 0.1) is 25.9 Å². The van der Waals surface area contributed by atoms with Crippen LogP contribution in [-0.2, 0) is 55.8 Å². The van der Waals surface area contributed by atoms with Crippen molar-refractivity contribution in [1.82, 2.24) is 0 Å². The zero-order chi connectivity index (χ0) is 36.4. The van der Waals surface area contributed by atoms with Crippen LogP contribution in [-0.4, -0.2) is 73.0 Å². The molecule has 4 heterocycles. The molecule has 53 heavy (non-hydrogen) atoms. The minimum atomic E-state index is -0.869. The predicted octanol–water partition coefficient (Wildman–Crippen LogP) is 7.75. The van der Waals surface area contributed by atoms with Gasteiger partial charge in [-0.15, -0.1) is 0 Å².